The minimum atomic E-state index is -2.62. The van der Waals surface area contributed by atoms with Gasteiger partial charge in [-0.2, -0.15) is 0 Å². The Kier molecular flexibility index (Phi) is 8.53. The Morgan fingerprint density at radius 3 is 2.37 bits per heavy atom. The summed E-state index contributed by atoms with van der Waals surface area (Å²) in [5.41, 5.74) is 1.46. The normalized spacial score (nSPS) is 24.7. The van der Waals surface area contributed by atoms with E-state index in [1.807, 2.05) is 44.2 Å². The van der Waals surface area contributed by atoms with E-state index in [1.54, 1.807) is 26.2 Å². The quantitative estimate of drug-likeness (QED) is 0.279. The summed E-state index contributed by atoms with van der Waals surface area (Å²) in [7, 11) is 4.62. The number of methoxy groups -OCH3 is 1. The summed E-state index contributed by atoms with van der Waals surface area (Å²) in [6, 6.07) is 11.9. The number of nitrogens with zero attached hydrogens (tertiary/aromatic N) is 2. The Morgan fingerprint density at radius 2 is 1.76 bits per heavy atom. The standard InChI is InChI=1S/C28H37BN4O8/c1-16(2)15-21(29-33(4,5)23(27(37)41-29)24(40-29)28(38)39-6)31-26(36)22(17(3)34)32-25(35)20-14-10-13-19(30-20)18-11-8-7-9-12-18/h7-14,16-17,21-24,34H,15H2,1-6H3,(H,31,36)(H,32,35)/t17-,21+,22+,23+,24-,29?/m1/s1. The molecule has 3 N–H and O–H groups in total. The number of aliphatic hydroxyl groups excluding tert-OH is 1. The maximum atomic E-state index is 13.6. The van der Waals surface area contributed by atoms with Crippen molar-refractivity contribution in [1.29, 1.82) is 0 Å². The third-order valence-corrected chi connectivity index (χ3v) is 7.90. The van der Waals surface area contributed by atoms with Crippen LogP contribution >= 0.6 is 0 Å². The van der Waals surface area contributed by atoms with Gasteiger partial charge in [-0.25, -0.2) is 14.6 Å². The van der Waals surface area contributed by atoms with Crippen LogP contribution in [0.15, 0.2) is 48.5 Å². The second-order valence-corrected chi connectivity index (χ2v) is 11.5. The predicted molar refractivity (Wildman–Crippen MR) is 149 cm³/mol. The molecule has 2 aliphatic heterocycles. The Balaban J connectivity index is 1.58. The van der Waals surface area contributed by atoms with Crippen molar-refractivity contribution in [2.45, 2.75) is 57.4 Å². The van der Waals surface area contributed by atoms with E-state index in [-0.39, 0.29) is 16.0 Å². The average molecular weight is 568 g/mol. The highest BCUT2D eigenvalue weighted by molar-refractivity contribution is 6.66. The van der Waals surface area contributed by atoms with Gasteiger partial charge in [0.05, 0.1) is 18.9 Å². The molecule has 3 heterocycles. The van der Waals surface area contributed by atoms with E-state index in [1.165, 1.54) is 20.1 Å². The zero-order valence-electron chi connectivity index (χ0n) is 24.1. The van der Waals surface area contributed by atoms with Crippen molar-refractivity contribution in [3.8, 4) is 11.3 Å². The predicted octanol–water partition coefficient (Wildman–Crippen LogP) is 0.810. The number of quaternary nitrogens is 1. The van der Waals surface area contributed by atoms with Gasteiger partial charge in [0.15, 0.2) is 12.1 Å². The molecule has 4 rings (SSSR count). The molecule has 1 unspecified atom stereocenters. The van der Waals surface area contributed by atoms with Gasteiger partial charge < -0.3 is 34.2 Å². The first-order valence-electron chi connectivity index (χ1n) is 13.6. The Bertz CT molecular complexity index is 1320. The first-order valence-corrected chi connectivity index (χ1v) is 13.6. The highest BCUT2D eigenvalue weighted by Gasteiger charge is 2.75. The topological polar surface area (TPSA) is 153 Å². The fourth-order valence-electron chi connectivity index (χ4n) is 5.82. The van der Waals surface area contributed by atoms with Crippen LogP contribution in [-0.4, -0.2) is 96.4 Å². The Morgan fingerprint density at radius 1 is 1.07 bits per heavy atom. The van der Waals surface area contributed by atoms with Crippen LogP contribution in [0.5, 0.6) is 0 Å². The van der Waals surface area contributed by atoms with Gasteiger partial charge in [0.25, 0.3) is 5.91 Å². The zero-order chi connectivity index (χ0) is 30.1. The summed E-state index contributed by atoms with van der Waals surface area (Å²) >= 11 is 0. The number of carbonyl (C=O) groups is 4. The molecule has 2 aliphatic rings. The molecule has 220 valence electrons. The number of hydrogen-bond acceptors (Lipinski definition) is 9. The molecule has 2 fully saturated rings. The van der Waals surface area contributed by atoms with Gasteiger partial charge in [-0.15, -0.1) is 0 Å². The van der Waals surface area contributed by atoms with Crippen LogP contribution < -0.4 is 10.6 Å². The van der Waals surface area contributed by atoms with E-state index in [0.717, 1.165) is 5.56 Å². The largest absolute Gasteiger partial charge is 0.609 e. The molecule has 2 amide bonds. The van der Waals surface area contributed by atoms with Crippen molar-refractivity contribution in [3.63, 3.8) is 0 Å². The minimum Gasteiger partial charge on any atom is -0.609 e. The SMILES string of the molecule is COC(=O)[C@@H]1O[B-]2([C@H](CC(C)C)NC(=O)[C@@H](NC(=O)c3cccc(-c4ccccc4)n3)[C@@H](C)O)OC(=O)[C@H]1[N+]2(C)C. The van der Waals surface area contributed by atoms with Crippen LogP contribution in [0.25, 0.3) is 11.3 Å². The summed E-state index contributed by atoms with van der Waals surface area (Å²) in [5, 5.41) is 16.0. The first kappa shape index (κ1) is 30.2. The maximum absolute atomic E-state index is 13.6. The van der Waals surface area contributed by atoms with Crippen LogP contribution in [0.4, 0.5) is 0 Å². The van der Waals surface area contributed by atoms with Crippen molar-refractivity contribution >= 4 is 30.4 Å². The number of amides is 2. The Labute approximate surface area is 239 Å². The fourth-order valence-corrected chi connectivity index (χ4v) is 5.82. The lowest BCUT2D eigenvalue weighted by Crippen LogP contribution is -2.72. The monoisotopic (exact) mass is 568 g/mol. The lowest BCUT2D eigenvalue weighted by atomic mass is 9.57. The smallest absolute Gasteiger partial charge is 0.550 e. The molecular formula is C28H37BN4O8. The average Bonchev–Trinajstić information content (AvgIpc) is 3.29. The molecular weight excluding hydrogens is 531 g/mol. The molecule has 0 saturated carbocycles. The summed E-state index contributed by atoms with van der Waals surface area (Å²) in [5.74, 6) is -3.56. The maximum Gasteiger partial charge on any atom is 0.550 e. The number of aliphatic hydroxyl groups is 1. The summed E-state index contributed by atoms with van der Waals surface area (Å²) in [6.45, 7) is 2.60. The highest BCUT2D eigenvalue weighted by atomic mass is 16.7. The number of nitrogens with one attached hydrogen (secondary N) is 2. The van der Waals surface area contributed by atoms with E-state index in [2.05, 4.69) is 15.6 Å². The van der Waals surface area contributed by atoms with Crippen LogP contribution in [0.3, 0.4) is 0 Å². The second kappa shape index (κ2) is 11.6. The molecule has 12 nitrogen and oxygen atoms in total. The number of carbonyl (C=O) groups excluding carboxylic acids is 4. The summed E-state index contributed by atoms with van der Waals surface area (Å²) < 4.78 is 16.7. The second-order valence-electron chi connectivity index (χ2n) is 11.5. The van der Waals surface area contributed by atoms with E-state index < -0.39 is 60.7 Å². The molecule has 13 heteroatoms. The third-order valence-electron chi connectivity index (χ3n) is 7.90. The molecule has 0 aliphatic carbocycles. The zero-order valence-corrected chi connectivity index (χ0v) is 24.1. The van der Waals surface area contributed by atoms with Gasteiger partial charge >= 0.3 is 18.6 Å². The van der Waals surface area contributed by atoms with Crippen molar-refractivity contribution in [2.24, 2.45) is 5.92 Å². The van der Waals surface area contributed by atoms with Crippen molar-refractivity contribution < 1.29 is 42.7 Å². The van der Waals surface area contributed by atoms with E-state index in [0.29, 0.717) is 12.1 Å². The van der Waals surface area contributed by atoms with Gasteiger partial charge in [-0.3, -0.25) is 9.59 Å². The fraction of sp³-hybridized carbons (Fsp3) is 0.464. The number of esters is 1. The molecule has 2 aromatic rings. The minimum absolute atomic E-state index is 0.0135. The van der Waals surface area contributed by atoms with Crippen molar-refractivity contribution in [3.05, 3.63) is 54.2 Å². The van der Waals surface area contributed by atoms with E-state index >= 15 is 0 Å². The van der Waals surface area contributed by atoms with E-state index in [9.17, 15) is 24.3 Å². The van der Waals surface area contributed by atoms with Crippen LogP contribution in [0.2, 0.25) is 0 Å². The van der Waals surface area contributed by atoms with Crippen molar-refractivity contribution in [1.82, 2.24) is 15.6 Å². The van der Waals surface area contributed by atoms with Crippen LogP contribution in [-0.2, 0) is 28.4 Å². The first-order chi connectivity index (χ1) is 19.3. The van der Waals surface area contributed by atoms with Crippen molar-refractivity contribution in [2.75, 3.05) is 21.2 Å². The number of benzene rings is 1. The molecule has 6 atom stereocenters. The van der Waals surface area contributed by atoms with Gasteiger partial charge in [0.2, 0.25) is 5.91 Å². The van der Waals surface area contributed by atoms with Crippen LogP contribution in [0.1, 0.15) is 37.7 Å². The molecule has 1 aromatic carbocycles. The lowest BCUT2D eigenvalue weighted by molar-refractivity contribution is -0.802. The number of aromatic nitrogens is 1. The number of ether oxygens (including phenoxy) is 1. The van der Waals surface area contributed by atoms with Gasteiger partial charge in [-0.1, -0.05) is 56.7 Å². The number of hydrogen-bond donors (Lipinski definition) is 3. The Hall–Kier alpha value is -3.81. The molecule has 41 heavy (non-hydrogen) atoms. The molecule has 2 bridgehead atoms. The highest BCUT2D eigenvalue weighted by Crippen LogP contribution is 2.45. The summed E-state index contributed by atoms with van der Waals surface area (Å²) in [4.78, 5) is 56.6. The van der Waals surface area contributed by atoms with E-state index in [4.69, 9.17) is 14.0 Å². The number of rotatable bonds is 10. The number of fused-ring (bicyclic) bond motifs is 2. The third kappa shape index (κ3) is 5.57. The molecule has 0 spiro atoms. The molecule has 0 radical (unpaired) electrons. The molecule has 1 aromatic heterocycles. The van der Waals surface area contributed by atoms with Gasteiger partial charge in [0.1, 0.15) is 11.7 Å². The summed E-state index contributed by atoms with van der Waals surface area (Å²) in [6.07, 6.45) is -2.16. The number of likely N-dealkylation sites (N-methyl/N-ethyl adjacent to an activating group) is 1. The van der Waals surface area contributed by atoms with Gasteiger partial charge in [-0.05, 0) is 25.0 Å². The van der Waals surface area contributed by atoms with Gasteiger partial charge in [0, 0.05) is 25.6 Å². The number of pyridine rings is 1. The van der Waals surface area contributed by atoms with Crippen LogP contribution in [0, 0.1) is 5.92 Å². The lowest BCUT2D eigenvalue weighted by Gasteiger charge is -2.47. The molecule has 2 saturated heterocycles.